The van der Waals surface area contributed by atoms with Gasteiger partial charge in [-0.25, -0.2) is 0 Å². The van der Waals surface area contributed by atoms with Gasteiger partial charge in [0.1, 0.15) is 0 Å². The lowest BCUT2D eigenvalue weighted by molar-refractivity contribution is -0.115. The lowest BCUT2D eigenvalue weighted by Gasteiger charge is -2.48. The highest BCUT2D eigenvalue weighted by atomic mass is 16.6. The van der Waals surface area contributed by atoms with Crippen molar-refractivity contribution in [3.8, 4) is 0 Å². The number of hydrogen-bond donors (Lipinski definition) is 1. The van der Waals surface area contributed by atoms with E-state index in [0.29, 0.717) is 12.2 Å². The zero-order valence-corrected chi connectivity index (χ0v) is 8.87. The number of ether oxygens (including phenoxy) is 2. The summed E-state index contributed by atoms with van der Waals surface area (Å²) in [6.07, 6.45) is 6.15. The summed E-state index contributed by atoms with van der Waals surface area (Å²) in [5.41, 5.74) is 0.339. The molecule has 0 aromatic heterocycles. The van der Waals surface area contributed by atoms with Crippen LogP contribution in [0, 0.1) is 11.8 Å². The van der Waals surface area contributed by atoms with Crippen molar-refractivity contribution in [1.29, 1.82) is 0 Å². The lowest BCUT2D eigenvalue weighted by atomic mass is 9.59. The van der Waals surface area contributed by atoms with E-state index in [-0.39, 0.29) is 11.2 Å². The third-order valence-electron chi connectivity index (χ3n) is 5.70. The van der Waals surface area contributed by atoms with Crippen molar-refractivity contribution < 1.29 is 9.47 Å². The first-order chi connectivity index (χ1) is 7.33. The molecular weight excluding hydrogens is 190 g/mol. The van der Waals surface area contributed by atoms with Crippen LogP contribution in [0.1, 0.15) is 25.7 Å². The van der Waals surface area contributed by atoms with Crippen molar-refractivity contribution in [3.05, 3.63) is 0 Å². The second-order valence-electron chi connectivity index (χ2n) is 6.18. The van der Waals surface area contributed by atoms with Crippen molar-refractivity contribution in [2.75, 3.05) is 13.1 Å². The van der Waals surface area contributed by atoms with Gasteiger partial charge in [-0.15, -0.1) is 0 Å². The molecule has 4 atom stereocenters. The van der Waals surface area contributed by atoms with Crippen LogP contribution in [0.3, 0.4) is 0 Å². The van der Waals surface area contributed by atoms with Gasteiger partial charge in [-0.05, 0) is 25.7 Å². The molecule has 5 heterocycles. The molecule has 4 unspecified atom stereocenters. The maximum atomic E-state index is 6.33. The van der Waals surface area contributed by atoms with Crippen LogP contribution in [0.5, 0.6) is 0 Å². The number of nitrogens with one attached hydrogen (secondary N) is 1. The van der Waals surface area contributed by atoms with Crippen molar-refractivity contribution in [3.63, 3.8) is 0 Å². The van der Waals surface area contributed by atoms with Crippen LogP contribution in [0.15, 0.2) is 0 Å². The van der Waals surface area contributed by atoms with Gasteiger partial charge in [-0.3, -0.25) is 0 Å². The van der Waals surface area contributed by atoms with E-state index in [1.165, 1.54) is 25.7 Å². The van der Waals surface area contributed by atoms with Crippen molar-refractivity contribution in [2.45, 2.75) is 49.1 Å². The molecule has 3 nitrogen and oxygen atoms in total. The molecule has 0 aromatic carbocycles. The van der Waals surface area contributed by atoms with Crippen LogP contribution in [0.25, 0.3) is 0 Å². The number of rotatable bonds is 0. The van der Waals surface area contributed by atoms with Crippen LogP contribution < -0.4 is 5.32 Å². The zero-order chi connectivity index (χ0) is 9.67. The maximum absolute atomic E-state index is 6.33. The molecular formula is C12H17NO2. The van der Waals surface area contributed by atoms with Gasteiger partial charge in [-0.1, -0.05) is 0 Å². The summed E-state index contributed by atoms with van der Waals surface area (Å²) in [6.45, 7) is 2.14. The molecule has 82 valence electrons. The van der Waals surface area contributed by atoms with Gasteiger partial charge in [0.15, 0.2) is 0 Å². The van der Waals surface area contributed by atoms with Crippen LogP contribution in [-0.4, -0.2) is 36.5 Å². The topological polar surface area (TPSA) is 30.5 Å². The first kappa shape index (κ1) is 8.04. The molecule has 4 bridgehead atoms. The molecule has 0 amide bonds. The molecule has 3 heteroatoms. The van der Waals surface area contributed by atoms with Gasteiger partial charge >= 0.3 is 0 Å². The van der Waals surface area contributed by atoms with E-state index in [9.17, 15) is 0 Å². The van der Waals surface area contributed by atoms with Gasteiger partial charge < -0.3 is 14.8 Å². The minimum atomic E-state index is 0.169. The van der Waals surface area contributed by atoms with Crippen molar-refractivity contribution in [2.24, 2.45) is 11.8 Å². The molecule has 5 aliphatic heterocycles. The fourth-order valence-electron chi connectivity index (χ4n) is 5.43. The molecule has 0 saturated carbocycles. The third-order valence-corrected chi connectivity index (χ3v) is 5.70. The monoisotopic (exact) mass is 207 g/mol. The van der Waals surface area contributed by atoms with Gasteiger partial charge in [0.2, 0.25) is 0 Å². The molecule has 0 aromatic rings. The average molecular weight is 207 g/mol. The van der Waals surface area contributed by atoms with Gasteiger partial charge in [-0.2, -0.15) is 0 Å². The highest BCUT2D eigenvalue weighted by Crippen LogP contribution is 2.66. The smallest absolute Gasteiger partial charge is 0.0871 e. The van der Waals surface area contributed by atoms with Gasteiger partial charge in [0.25, 0.3) is 0 Å². The Hall–Kier alpha value is -0.120. The first-order valence-corrected chi connectivity index (χ1v) is 6.39. The molecule has 5 fully saturated rings. The summed E-state index contributed by atoms with van der Waals surface area (Å²) >= 11 is 0. The van der Waals surface area contributed by atoms with E-state index in [1.54, 1.807) is 0 Å². The molecule has 5 rings (SSSR count). The highest BCUT2D eigenvalue weighted by Gasteiger charge is 2.75. The Morgan fingerprint density at radius 3 is 2.13 bits per heavy atom. The van der Waals surface area contributed by atoms with Crippen LogP contribution >= 0.6 is 0 Å². The summed E-state index contributed by atoms with van der Waals surface area (Å²) in [5, 5.41) is 3.57. The number of hydrogen-bond acceptors (Lipinski definition) is 3. The number of fused-ring (bicyclic) bond motifs is 4. The van der Waals surface area contributed by atoms with Crippen LogP contribution in [0.4, 0.5) is 0 Å². The standard InChI is InChI=1S/C12H17NO2/c1-3-11-5-13-6-12-4-2-8(15-12)9(10(11)12)7(1)14-11/h7-10,13H,1-6H2. The van der Waals surface area contributed by atoms with Crippen molar-refractivity contribution in [1.82, 2.24) is 5.32 Å². The Balaban J connectivity index is 1.73. The average Bonchev–Trinajstić information content (AvgIpc) is 2.92. The predicted octanol–water partition coefficient (Wildman–Crippen LogP) is 0.685. The van der Waals surface area contributed by atoms with E-state index in [2.05, 4.69) is 5.32 Å². The van der Waals surface area contributed by atoms with Crippen molar-refractivity contribution >= 4 is 0 Å². The molecule has 5 aliphatic rings. The van der Waals surface area contributed by atoms with Gasteiger partial charge in [0.05, 0.1) is 23.4 Å². The van der Waals surface area contributed by atoms with E-state index < -0.39 is 0 Å². The second-order valence-corrected chi connectivity index (χ2v) is 6.18. The lowest BCUT2D eigenvalue weighted by Crippen LogP contribution is -2.63. The minimum absolute atomic E-state index is 0.169. The summed E-state index contributed by atoms with van der Waals surface area (Å²) in [5.74, 6) is 1.47. The minimum Gasteiger partial charge on any atom is -0.370 e. The number of piperidine rings is 1. The molecule has 1 N–H and O–H groups in total. The first-order valence-electron chi connectivity index (χ1n) is 6.39. The third kappa shape index (κ3) is 0.675. The summed E-state index contributed by atoms with van der Waals surface area (Å²) < 4.78 is 12.7. The Labute approximate surface area is 89.5 Å². The van der Waals surface area contributed by atoms with E-state index >= 15 is 0 Å². The summed E-state index contributed by atoms with van der Waals surface area (Å²) in [4.78, 5) is 0. The second kappa shape index (κ2) is 2.13. The Morgan fingerprint density at radius 2 is 1.53 bits per heavy atom. The fraction of sp³-hybridized carbons (Fsp3) is 1.00. The SMILES string of the molecule is C1CC23CNCC45CCC(O4)C(C1O2)C35. The molecule has 0 aliphatic carbocycles. The van der Waals surface area contributed by atoms with Crippen LogP contribution in [-0.2, 0) is 9.47 Å². The van der Waals surface area contributed by atoms with E-state index in [1.807, 2.05) is 0 Å². The quantitative estimate of drug-likeness (QED) is 0.634. The predicted molar refractivity (Wildman–Crippen MR) is 53.5 cm³/mol. The van der Waals surface area contributed by atoms with Gasteiger partial charge in [0, 0.05) is 24.9 Å². The van der Waals surface area contributed by atoms with Crippen LogP contribution in [0.2, 0.25) is 0 Å². The largest absolute Gasteiger partial charge is 0.370 e. The molecule has 0 radical (unpaired) electrons. The van der Waals surface area contributed by atoms with E-state index in [4.69, 9.17) is 9.47 Å². The Bertz CT molecular complexity index is 317. The summed E-state index contributed by atoms with van der Waals surface area (Å²) in [6, 6.07) is 0. The Morgan fingerprint density at radius 1 is 0.933 bits per heavy atom. The summed E-state index contributed by atoms with van der Waals surface area (Å²) in [7, 11) is 0. The fourth-order valence-corrected chi connectivity index (χ4v) is 5.43. The molecule has 2 spiro atoms. The molecule has 15 heavy (non-hydrogen) atoms. The normalized spacial score (nSPS) is 68.8. The zero-order valence-electron chi connectivity index (χ0n) is 8.87. The Kier molecular flexibility index (Phi) is 1.14. The molecule has 5 saturated heterocycles. The van der Waals surface area contributed by atoms with E-state index in [0.717, 1.165) is 24.9 Å². The highest BCUT2D eigenvalue weighted by molar-refractivity contribution is 5.24. The maximum Gasteiger partial charge on any atom is 0.0871 e.